The second-order valence-corrected chi connectivity index (χ2v) is 18.4. The van der Waals surface area contributed by atoms with Crippen LogP contribution < -0.4 is 0 Å². The maximum Gasteiger partial charge on any atom is 0.143 e. The molecule has 0 unspecified atom stereocenters. The van der Waals surface area contributed by atoms with Gasteiger partial charge in [-0.1, -0.05) is 127 Å². The van der Waals surface area contributed by atoms with Crippen LogP contribution in [0, 0.1) is 0 Å². The molecule has 0 saturated carbocycles. The Kier molecular flexibility index (Phi) is 7.25. The van der Waals surface area contributed by atoms with Crippen molar-refractivity contribution in [2.75, 3.05) is 0 Å². The van der Waals surface area contributed by atoms with Crippen LogP contribution >= 0.6 is 34.0 Å². The van der Waals surface area contributed by atoms with E-state index in [2.05, 4.69) is 176 Å². The topological polar surface area (TPSA) is 25.8 Å². The number of hydrogen-bond donors (Lipinski definition) is 0. The van der Waals surface area contributed by atoms with Gasteiger partial charge in [0.1, 0.15) is 10.3 Å². The minimum atomic E-state index is 0.878. The Bertz CT molecular complexity index is 3620. The Morgan fingerprint density at radius 2 is 0.864 bits per heavy atom. The first-order valence-corrected chi connectivity index (χ1v) is 22.2. The fourth-order valence-electron chi connectivity index (χ4n) is 9.14. The number of hydrogen-bond acceptors (Lipinski definition) is 5. The van der Waals surface area contributed by atoms with Crippen molar-refractivity contribution in [2.24, 2.45) is 0 Å². The van der Waals surface area contributed by atoms with Crippen LogP contribution in [0.1, 0.15) is 0 Å². The molecule has 0 aliphatic carbocycles. The Morgan fingerprint density at radius 1 is 0.356 bits per heavy atom. The summed E-state index contributed by atoms with van der Waals surface area (Å²) in [6.07, 6.45) is 1.94. The molecule has 2 nitrogen and oxygen atoms in total. The Labute approximate surface area is 350 Å². The first kappa shape index (κ1) is 33.2. The molecule has 9 aromatic carbocycles. The molecule has 0 radical (unpaired) electrons. The number of aromatic nitrogens is 2. The van der Waals surface area contributed by atoms with Crippen LogP contribution in [0.15, 0.2) is 182 Å². The van der Waals surface area contributed by atoms with E-state index in [-0.39, 0.29) is 0 Å². The van der Waals surface area contributed by atoms with Crippen LogP contribution in [0.5, 0.6) is 0 Å². The van der Waals surface area contributed by atoms with E-state index in [9.17, 15) is 0 Å². The first-order chi connectivity index (χ1) is 29.2. The van der Waals surface area contributed by atoms with Gasteiger partial charge in [0.05, 0.1) is 11.9 Å². The lowest BCUT2D eigenvalue weighted by Crippen LogP contribution is -1.88. The summed E-state index contributed by atoms with van der Waals surface area (Å²) in [4.78, 5) is 11.3. The average Bonchev–Trinajstić information content (AvgIpc) is 4.00. The highest BCUT2D eigenvalue weighted by Crippen LogP contribution is 2.47. The van der Waals surface area contributed by atoms with E-state index < -0.39 is 0 Å². The number of rotatable bonds is 4. The maximum absolute atomic E-state index is 5.35. The molecule has 13 rings (SSSR count). The van der Waals surface area contributed by atoms with E-state index in [0.717, 1.165) is 27.0 Å². The summed E-state index contributed by atoms with van der Waals surface area (Å²) in [5.74, 6) is 0. The van der Waals surface area contributed by atoms with Gasteiger partial charge in [-0.25, -0.2) is 9.97 Å². The molecule has 0 saturated heterocycles. The highest BCUT2D eigenvalue weighted by Gasteiger charge is 2.18. The molecule has 274 valence electrons. The fourth-order valence-corrected chi connectivity index (χ4v) is 12.6. The van der Waals surface area contributed by atoms with Crippen molar-refractivity contribution in [2.45, 2.75) is 0 Å². The summed E-state index contributed by atoms with van der Waals surface area (Å²) in [6, 6.07) is 64.5. The quantitative estimate of drug-likeness (QED) is 0.177. The second kappa shape index (κ2) is 12.9. The smallest absolute Gasteiger partial charge is 0.143 e. The molecule has 0 amide bonds. The van der Waals surface area contributed by atoms with Gasteiger partial charge in [-0.15, -0.1) is 34.0 Å². The summed E-state index contributed by atoms with van der Waals surface area (Å²) in [5.41, 5.74) is 10.2. The van der Waals surface area contributed by atoms with Gasteiger partial charge in [-0.05, 0) is 92.3 Å². The van der Waals surface area contributed by atoms with Gasteiger partial charge in [-0.2, -0.15) is 0 Å². The number of fused-ring (bicyclic) bond motifs is 13. The first-order valence-electron chi connectivity index (χ1n) is 19.8. The lowest BCUT2D eigenvalue weighted by Gasteiger charge is -2.10. The third-order valence-electron chi connectivity index (χ3n) is 11.9. The van der Waals surface area contributed by atoms with Crippen molar-refractivity contribution in [1.82, 2.24) is 9.97 Å². The predicted octanol–water partition coefficient (Wildman–Crippen LogP) is 16.6. The monoisotopic (exact) mass is 802 g/mol. The van der Waals surface area contributed by atoms with Crippen molar-refractivity contribution in [3.8, 4) is 44.6 Å². The molecular formula is C54H30N2S3. The van der Waals surface area contributed by atoms with E-state index in [1.807, 2.05) is 28.9 Å². The second-order valence-electron chi connectivity index (χ2n) is 15.3. The van der Waals surface area contributed by atoms with E-state index in [0.29, 0.717) is 0 Å². The minimum Gasteiger partial charge on any atom is -0.243 e. The molecule has 4 aromatic heterocycles. The van der Waals surface area contributed by atoms with E-state index >= 15 is 0 Å². The number of nitrogens with zero attached hydrogens (tertiary/aromatic N) is 2. The third-order valence-corrected chi connectivity index (χ3v) is 15.4. The number of thiophene rings is 3. The zero-order valence-electron chi connectivity index (χ0n) is 31.4. The zero-order chi connectivity index (χ0) is 38.6. The summed E-state index contributed by atoms with van der Waals surface area (Å²) >= 11 is 5.48. The van der Waals surface area contributed by atoms with Crippen LogP contribution in [0.4, 0.5) is 0 Å². The lowest BCUT2D eigenvalue weighted by atomic mass is 9.94. The van der Waals surface area contributed by atoms with Crippen LogP contribution in [-0.2, 0) is 0 Å². The molecule has 0 aliphatic rings. The summed E-state index contributed by atoms with van der Waals surface area (Å²) in [6.45, 7) is 0. The lowest BCUT2D eigenvalue weighted by molar-refractivity contribution is 1.32. The largest absolute Gasteiger partial charge is 0.243 e. The van der Waals surface area contributed by atoms with Crippen LogP contribution in [0.3, 0.4) is 0 Å². The normalized spacial score (nSPS) is 12.1. The van der Waals surface area contributed by atoms with Crippen LogP contribution in [-0.4, -0.2) is 9.97 Å². The predicted molar refractivity (Wildman–Crippen MR) is 257 cm³/mol. The summed E-state index contributed by atoms with van der Waals surface area (Å²) in [5, 5.41) is 11.6. The van der Waals surface area contributed by atoms with Gasteiger partial charge in [0.2, 0.25) is 0 Å². The maximum atomic E-state index is 5.35. The molecule has 59 heavy (non-hydrogen) atoms. The molecule has 4 heterocycles. The molecule has 0 bridgehead atoms. The molecule has 0 N–H and O–H groups in total. The van der Waals surface area contributed by atoms with E-state index in [4.69, 9.17) is 9.97 Å². The zero-order valence-corrected chi connectivity index (χ0v) is 33.9. The Balaban J connectivity index is 0.922. The highest BCUT2D eigenvalue weighted by molar-refractivity contribution is 7.27. The van der Waals surface area contributed by atoms with Crippen LogP contribution in [0.2, 0.25) is 0 Å². The van der Waals surface area contributed by atoms with Gasteiger partial charge in [0, 0.05) is 67.1 Å². The molecule has 0 fully saturated rings. The standard InChI is InChI=1S/C54H30N2S3/c1-3-17-38-35(11-1)28-42(52-49(38)40-19-5-7-21-46(40)57-52)33-14-9-13-31(25-33)32-23-24-48-44(27-32)51-54(59-48)55-30-45(56-51)37-16-10-15-34(26-37)43-29-36-12-2-4-18-39(36)50-41-20-6-8-22-47(41)58-53(43)50/h1-30H. The van der Waals surface area contributed by atoms with Crippen molar-refractivity contribution in [3.05, 3.63) is 182 Å². The van der Waals surface area contributed by atoms with Gasteiger partial charge in [0.15, 0.2) is 0 Å². The van der Waals surface area contributed by atoms with Gasteiger partial charge >= 0.3 is 0 Å². The van der Waals surface area contributed by atoms with Gasteiger partial charge in [0.25, 0.3) is 0 Å². The van der Waals surface area contributed by atoms with Crippen molar-refractivity contribution in [3.63, 3.8) is 0 Å². The number of benzene rings is 9. The van der Waals surface area contributed by atoms with E-state index in [1.54, 1.807) is 11.3 Å². The fraction of sp³-hybridized carbons (Fsp3) is 0. The van der Waals surface area contributed by atoms with Gasteiger partial charge < -0.3 is 0 Å². The van der Waals surface area contributed by atoms with Crippen molar-refractivity contribution >= 4 is 116 Å². The molecule has 0 spiro atoms. The van der Waals surface area contributed by atoms with E-state index in [1.165, 1.54) is 100.0 Å². The highest BCUT2D eigenvalue weighted by atomic mass is 32.1. The molecule has 13 aromatic rings. The Hall–Kier alpha value is -6.76. The van der Waals surface area contributed by atoms with Crippen molar-refractivity contribution in [1.29, 1.82) is 0 Å². The Morgan fingerprint density at radius 3 is 1.51 bits per heavy atom. The SMILES string of the molecule is c1cc(-c2ccc3sc4ncc(-c5cccc(-c6cc7ccccc7c7c6sc6ccccc67)c5)nc4c3c2)cc(-c2cc3ccccc3c3c2sc2ccccc23)c1. The third kappa shape index (κ3) is 5.16. The molecular weight excluding hydrogens is 773 g/mol. The molecule has 0 atom stereocenters. The van der Waals surface area contributed by atoms with Crippen LogP contribution in [0.25, 0.3) is 127 Å². The van der Waals surface area contributed by atoms with Crippen molar-refractivity contribution < 1.29 is 0 Å². The minimum absolute atomic E-state index is 0.878. The molecule has 5 heteroatoms. The molecule has 0 aliphatic heterocycles. The van der Waals surface area contributed by atoms with Gasteiger partial charge in [-0.3, -0.25) is 0 Å². The summed E-state index contributed by atoms with van der Waals surface area (Å²) < 4.78 is 6.47. The average molecular weight is 803 g/mol. The summed E-state index contributed by atoms with van der Waals surface area (Å²) in [7, 11) is 0.